The first-order chi connectivity index (χ1) is 8.57. The first kappa shape index (κ1) is 15.7. The lowest BCUT2D eigenvalue weighted by atomic mass is 9.98. The summed E-state index contributed by atoms with van der Waals surface area (Å²) in [6.45, 7) is 4.21. The topological polar surface area (TPSA) is 46.2 Å². The van der Waals surface area contributed by atoms with Gasteiger partial charge in [0.2, 0.25) is 0 Å². The van der Waals surface area contributed by atoms with Gasteiger partial charge in [-0.2, -0.15) is 0 Å². The number of hydrogen-bond acceptors (Lipinski definition) is 3. The summed E-state index contributed by atoms with van der Waals surface area (Å²) in [5.41, 5.74) is 5.50. The first-order valence-electron chi connectivity index (χ1n) is 7.05. The van der Waals surface area contributed by atoms with Crippen LogP contribution in [0.4, 0.5) is 0 Å². The molecule has 1 unspecified atom stereocenters. The molecule has 104 valence electrons. The summed E-state index contributed by atoms with van der Waals surface area (Å²) in [5.74, 6) is 0. The molecule has 0 aliphatic carbocycles. The van der Waals surface area contributed by atoms with Crippen LogP contribution < -0.4 is 5.73 Å². The van der Waals surface area contributed by atoms with E-state index in [0.29, 0.717) is 0 Å². The Bertz CT molecular complexity index is 333. The van der Waals surface area contributed by atoms with Crippen LogP contribution in [0, 0.1) is 0 Å². The summed E-state index contributed by atoms with van der Waals surface area (Å²) >= 11 is 1.90. The largest absolute Gasteiger partial charge is 0.394 e. The zero-order valence-electron chi connectivity index (χ0n) is 11.7. The molecule has 0 radical (unpaired) electrons. The van der Waals surface area contributed by atoms with Crippen LogP contribution in [0.5, 0.6) is 0 Å². The molecule has 0 fully saturated rings. The molecular weight excluding hydrogens is 242 g/mol. The lowest BCUT2D eigenvalue weighted by molar-refractivity contribution is 0.201. The third-order valence-electron chi connectivity index (χ3n) is 3.30. The summed E-state index contributed by atoms with van der Waals surface area (Å²) in [4.78, 5) is 2.88. The number of aryl methyl sites for hydroxylation is 2. The Morgan fingerprint density at radius 1 is 1.17 bits per heavy atom. The minimum atomic E-state index is -0.439. The Labute approximate surface area is 115 Å². The average Bonchev–Trinajstić information content (AvgIpc) is 2.80. The highest BCUT2D eigenvalue weighted by atomic mass is 32.1. The third-order valence-corrected chi connectivity index (χ3v) is 4.50. The fraction of sp³-hybridized carbons (Fsp3) is 0.733. The lowest BCUT2D eigenvalue weighted by Crippen LogP contribution is -2.40. The van der Waals surface area contributed by atoms with Gasteiger partial charge in [-0.15, -0.1) is 11.3 Å². The van der Waals surface area contributed by atoms with Crippen molar-refractivity contribution in [2.75, 3.05) is 6.61 Å². The van der Waals surface area contributed by atoms with Crippen LogP contribution in [0.25, 0.3) is 0 Å². The predicted octanol–water partition coefficient (Wildman–Crippen LogP) is 3.51. The van der Waals surface area contributed by atoms with Gasteiger partial charge >= 0.3 is 0 Å². The number of rotatable bonds is 9. The second-order valence-electron chi connectivity index (χ2n) is 5.49. The van der Waals surface area contributed by atoms with Crippen molar-refractivity contribution in [2.45, 2.75) is 64.3 Å². The number of nitrogens with two attached hydrogens (primary N) is 1. The smallest absolute Gasteiger partial charge is 0.0608 e. The molecule has 0 bridgehead atoms. The highest BCUT2D eigenvalue weighted by Crippen LogP contribution is 2.22. The predicted molar refractivity (Wildman–Crippen MR) is 80.2 cm³/mol. The number of aliphatic hydroxyl groups is 1. The number of hydrogen-bond donors (Lipinski definition) is 2. The van der Waals surface area contributed by atoms with E-state index < -0.39 is 5.54 Å². The van der Waals surface area contributed by atoms with Gasteiger partial charge in [0.1, 0.15) is 0 Å². The molecule has 1 heterocycles. The third kappa shape index (κ3) is 5.98. The number of aliphatic hydroxyl groups excluding tert-OH is 1. The van der Waals surface area contributed by atoms with Gasteiger partial charge in [0.25, 0.3) is 0 Å². The maximum Gasteiger partial charge on any atom is 0.0608 e. The molecule has 3 N–H and O–H groups in total. The minimum absolute atomic E-state index is 0.0578. The van der Waals surface area contributed by atoms with Gasteiger partial charge in [-0.3, -0.25) is 0 Å². The Morgan fingerprint density at radius 3 is 2.44 bits per heavy atom. The molecule has 0 saturated carbocycles. The van der Waals surface area contributed by atoms with Crippen molar-refractivity contribution in [1.29, 1.82) is 0 Å². The van der Waals surface area contributed by atoms with Crippen molar-refractivity contribution in [1.82, 2.24) is 0 Å². The summed E-state index contributed by atoms with van der Waals surface area (Å²) in [6, 6.07) is 4.46. The minimum Gasteiger partial charge on any atom is -0.394 e. The molecule has 1 rings (SSSR count). The van der Waals surface area contributed by atoms with E-state index in [1.54, 1.807) is 0 Å². The number of unbranched alkanes of at least 4 members (excludes halogenated alkanes) is 3. The molecule has 0 amide bonds. The maximum absolute atomic E-state index is 9.12. The van der Waals surface area contributed by atoms with E-state index in [4.69, 9.17) is 10.8 Å². The van der Waals surface area contributed by atoms with Gasteiger partial charge < -0.3 is 10.8 Å². The molecule has 0 aliphatic rings. The van der Waals surface area contributed by atoms with Gasteiger partial charge in [-0.05, 0) is 44.7 Å². The molecule has 0 saturated heterocycles. The van der Waals surface area contributed by atoms with Crippen LogP contribution in [-0.4, -0.2) is 17.3 Å². The molecular formula is C15H27NOS. The van der Waals surface area contributed by atoms with Crippen LogP contribution in [0.3, 0.4) is 0 Å². The fourth-order valence-electron chi connectivity index (χ4n) is 1.90. The van der Waals surface area contributed by atoms with Crippen LogP contribution in [0.15, 0.2) is 12.1 Å². The van der Waals surface area contributed by atoms with E-state index >= 15 is 0 Å². The van der Waals surface area contributed by atoms with E-state index in [2.05, 4.69) is 19.1 Å². The van der Waals surface area contributed by atoms with Crippen molar-refractivity contribution < 1.29 is 5.11 Å². The van der Waals surface area contributed by atoms with Crippen LogP contribution >= 0.6 is 11.3 Å². The van der Waals surface area contributed by atoms with Crippen molar-refractivity contribution in [3.05, 3.63) is 21.9 Å². The second kappa shape index (κ2) is 7.93. The summed E-state index contributed by atoms with van der Waals surface area (Å²) in [6.07, 6.45) is 8.33. The fourth-order valence-corrected chi connectivity index (χ4v) is 2.96. The van der Waals surface area contributed by atoms with Crippen molar-refractivity contribution in [3.8, 4) is 0 Å². The molecule has 2 nitrogen and oxygen atoms in total. The highest BCUT2D eigenvalue weighted by Gasteiger charge is 2.16. The van der Waals surface area contributed by atoms with E-state index in [1.165, 1.54) is 41.9 Å². The van der Waals surface area contributed by atoms with Gasteiger partial charge in [0.05, 0.1) is 6.61 Å². The van der Waals surface area contributed by atoms with Gasteiger partial charge in [0.15, 0.2) is 0 Å². The quantitative estimate of drug-likeness (QED) is 0.674. The normalized spacial score (nSPS) is 14.7. The van der Waals surface area contributed by atoms with E-state index in [1.807, 2.05) is 18.3 Å². The van der Waals surface area contributed by atoms with Crippen LogP contribution in [-0.2, 0) is 12.8 Å². The highest BCUT2D eigenvalue weighted by molar-refractivity contribution is 7.11. The van der Waals surface area contributed by atoms with E-state index in [9.17, 15) is 0 Å². The van der Waals surface area contributed by atoms with Crippen molar-refractivity contribution in [2.24, 2.45) is 5.73 Å². The maximum atomic E-state index is 9.12. The Kier molecular flexibility index (Phi) is 6.90. The lowest BCUT2D eigenvalue weighted by Gasteiger charge is -2.20. The molecule has 18 heavy (non-hydrogen) atoms. The second-order valence-corrected chi connectivity index (χ2v) is 6.74. The molecule has 0 aromatic carbocycles. The zero-order chi connectivity index (χ0) is 13.4. The first-order valence-corrected chi connectivity index (χ1v) is 7.86. The van der Waals surface area contributed by atoms with E-state index in [0.717, 1.165) is 12.8 Å². The Morgan fingerprint density at radius 2 is 1.83 bits per heavy atom. The van der Waals surface area contributed by atoms with Gasteiger partial charge in [0, 0.05) is 15.3 Å². The standard InChI is InChI=1S/C15H27NOS/c1-3-4-5-6-7-13-8-9-14(18-13)10-11-15(2,16)12-17/h8-9,17H,3-7,10-12,16H2,1-2H3. The van der Waals surface area contributed by atoms with Crippen LogP contribution in [0.1, 0.15) is 55.7 Å². The average molecular weight is 269 g/mol. The van der Waals surface area contributed by atoms with E-state index in [-0.39, 0.29) is 6.61 Å². The molecule has 1 atom stereocenters. The molecule has 1 aromatic rings. The Balaban J connectivity index is 2.30. The monoisotopic (exact) mass is 269 g/mol. The van der Waals surface area contributed by atoms with Gasteiger partial charge in [-0.25, -0.2) is 0 Å². The Hall–Kier alpha value is -0.380. The molecule has 0 aliphatic heterocycles. The van der Waals surface area contributed by atoms with Crippen molar-refractivity contribution in [3.63, 3.8) is 0 Å². The number of thiophene rings is 1. The zero-order valence-corrected chi connectivity index (χ0v) is 12.6. The van der Waals surface area contributed by atoms with Crippen molar-refractivity contribution >= 4 is 11.3 Å². The summed E-state index contributed by atoms with van der Waals surface area (Å²) in [7, 11) is 0. The molecule has 0 spiro atoms. The van der Waals surface area contributed by atoms with Gasteiger partial charge in [-0.1, -0.05) is 26.2 Å². The summed E-state index contributed by atoms with van der Waals surface area (Å²) < 4.78 is 0. The SMILES string of the molecule is CCCCCCc1ccc(CCC(C)(N)CO)s1. The van der Waals surface area contributed by atoms with Crippen LogP contribution in [0.2, 0.25) is 0 Å². The molecule has 1 aromatic heterocycles. The molecule has 3 heteroatoms. The summed E-state index contributed by atoms with van der Waals surface area (Å²) in [5, 5.41) is 9.12.